The molecule has 1 fully saturated rings. The van der Waals surface area contributed by atoms with Crippen molar-refractivity contribution in [3.05, 3.63) is 60.2 Å². The van der Waals surface area contributed by atoms with Gasteiger partial charge in [0.15, 0.2) is 6.61 Å². The number of amides is 1. The minimum atomic E-state index is -0.0402. The third-order valence-electron chi connectivity index (χ3n) is 4.34. The second-order valence-corrected chi connectivity index (χ2v) is 6.35. The van der Waals surface area contributed by atoms with Crippen LogP contribution in [-0.4, -0.2) is 24.8 Å². The van der Waals surface area contributed by atoms with Crippen LogP contribution in [0.3, 0.4) is 0 Å². The van der Waals surface area contributed by atoms with Gasteiger partial charge in [-0.25, -0.2) is 0 Å². The molecule has 4 nitrogen and oxygen atoms in total. The Labute approximate surface area is 148 Å². The van der Waals surface area contributed by atoms with Crippen molar-refractivity contribution in [2.75, 3.05) is 6.61 Å². The minimum Gasteiger partial charge on any atom is -0.484 e. The fourth-order valence-electron chi connectivity index (χ4n) is 2.98. The Morgan fingerprint density at radius 2 is 1.76 bits per heavy atom. The fraction of sp³-hybridized carbons (Fsp3) is 0.333. The smallest absolute Gasteiger partial charge is 0.258 e. The highest BCUT2D eigenvalue weighted by Gasteiger charge is 2.15. The van der Waals surface area contributed by atoms with Gasteiger partial charge in [0.05, 0.1) is 5.69 Å². The highest BCUT2D eigenvalue weighted by Crippen LogP contribution is 2.17. The molecule has 2 aromatic carbocycles. The molecule has 0 heterocycles. The molecule has 3 rings (SSSR count). The van der Waals surface area contributed by atoms with Gasteiger partial charge in [0, 0.05) is 12.3 Å². The van der Waals surface area contributed by atoms with E-state index in [-0.39, 0.29) is 12.5 Å². The number of benzene rings is 2. The van der Waals surface area contributed by atoms with E-state index in [4.69, 9.17) is 4.74 Å². The van der Waals surface area contributed by atoms with Crippen LogP contribution in [-0.2, 0) is 4.79 Å². The van der Waals surface area contributed by atoms with Gasteiger partial charge in [-0.05, 0) is 54.8 Å². The third-order valence-corrected chi connectivity index (χ3v) is 4.34. The first-order valence-corrected chi connectivity index (χ1v) is 8.91. The summed E-state index contributed by atoms with van der Waals surface area (Å²) >= 11 is 0. The number of nitrogens with one attached hydrogen (secondary N) is 1. The molecule has 0 spiro atoms. The zero-order chi connectivity index (χ0) is 17.3. The molecule has 0 aliphatic heterocycles. The standard InChI is InChI=1S/C21H24N2O2/c24-21(23-19-9-5-2-6-10-19)16-25-20-13-11-17(12-14-20)15-22-18-7-3-1-4-8-18/h1,3-4,7-8,11-15,19H,2,5-6,9-10,16H2,(H,23,24). The highest BCUT2D eigenvalue weighted by molar-refractivity contribution is 5.82. The van der Waals surface area contributed by atoms with E-state index < -0.39 is 0 Å². The van der Waals surface area contributed by atoms with Gasteiger partial charge >= 0.3 is 0 Å². The van der Waals surface area contributed by atoms with E-state index in [1.165, 1.54) is 19.3 Å². The molecule has 1 amide bonds. The van der Waals surface area contributed by atoms with Crippen molar-refractivity contribution >= 4 is 17.8 Å². The van der Waals surface area contributed by atoms with Gasteiger partial charge in [-0.15, -0.1) is 0 Å². The molecule has 0 atom stereocenters. The Morgan fingerprint density at radius 3 is 2.48 bits per heavy atom. The van der Waals surface area contributed by atoms with E-state index in [1.54, 1.807) is 0 Å². The molecule has 0 bridgehead atoms. The van der Waals surface area contributed by atoms with Crippen LogP contribution in [0.4, 0.5) is 5.69 Å². The van der Waals surface area contributed by atoms with E-state index in [1.807, 2.05) is 60.8 Å². The second kappa shape index (κ2) is 9.02. The van der Waals surface area contributed by atoms with E-state index in [0.29, 0.717) is 11.8 Å². The van der Waals surface area contributed by atoms with Gasteiger partial charge in [0.1, 0.15) is 5.75 Å². The third kappa shape index (κ3) is 5.75. The van der Waals surface area contributed by atoms with Crippen LogP contribution < -0.4 is 10.1 Å². The number of para-hydroxylation sites is 1. The molecule has 4 heteroatoms. The summed E-state index contributed by atoms with van der Waals surface area (Å²) < 4.78 is 5.57. The summed E-state index contributed by atoms with van der Waals surface area (Å²) in [5.74, 6) is 0.650. The summed E-state index contributed by atoms with van der Waals surface area (Å²) in [4.78, 5) is 16.4. The summed E-state index contributed by atoms with van der Waals surface area (Å²) in [6, 6.07) is 17.7. The predicted molar refractivity (Wildman–Crippen MR) is 101 cm³/mol. The highest BCUT2D eigenvalue weighted by atomic mass is 16.5. The van der Waals surface area contributed by atoms with Gasteiger partial charge in [-0.2, -0.15) is 0 Å². The zero-order valence-electron chi connectivity index (χ0n) is 14.4. The second-order valence-electron chi connectivity index (χ2n) is 6.35. The number of hydrogen-bond donors (Lipinski definition) is 1. The molecule has 1 N–H and O–H groups in total. The van der Waals surface area contributed by atoms with E-state index in [9.17, 15) is 4.79 Å². The van der Waals surface area contributed by atoms with Gasteiger partial charge in [0.25, 0.3) is 5.91 Å². The number of nitrogens with zero attached hydrogens (tertiary/aromatic N) is 1. The fourth-order valence-corrected chi connectivity index (χ4v) is 2.98. The largest absolute Gasteiger partial charge is 0.484 e. The molecule has 1 aliphatic rings. The minimum absolute atomic E-state index is 0.0402. The van der Waals surface area contributed by atoms with Gasteiger partial charge in [-0.3, -0.25) is 9.79 Å². The topological polar surface area (TPSA) is 50.7 Å². The molecule has 0 unspecified atom stereocenters. The van der Waals surface area contributed by atoms with Crippen molar-refractivity contribution in [3.63, 3.8) is 0 Å². The Kier molecular flexibility index (Phi) is 6.21. The van der Waals surface area contributed by atoms with Crippen LogP contribution in [0.1, 0.15) is 37.7 Å². The average molecular weight is 336 g/mol. The zero-order valence-corrected chi connectivity index (χ0v) is 14.4. The van der Waals surface area contributed by atoms with Crippen molar-refractivity contribution in [2.24, 2.45) is 4.99 Å². The number of carbonyl (C=O) groups is 1. The lowest BCUT2D eigenvalue weighted by Gasteiger charge is -2.22. The molecule has 0 radical (unpaired) electrons. The van der Waals surface area contributed by atoms with Crippen LogP contribution in [0.15, 0.2) is 59.6 Å². The van der Waals surface area contributed by atoms with Crippen LogP contribution in [0.5, 0.6) is 5.75 Å². The summed E-state index contributed by atoms with van der Waals surface area (Å²) in [7, 11) is 0. The van der Waals surface area contributed by atoms with Crippen molar-refractivity contribution in [3.8, 4) is 5.75 Å². The number of aliphatic imine (C=N–C) groups is 1. The van der Waals surface area contributed by atoms with E-state index >= 15 is 0 Å². The van der Waals surface area contributed by atoms with Gasteiger partial charge in [-0.1, -0.05) is 37.5 Å². The summed E-state index contributed by atoms with van der Waals surface area (Å²) in [6.45, 7) is 0.0634. The number of ether oxygens (including phenoxy) is 1. The van der Waals surface area contributed by atoms with Crippen LogP contribution in [0, 0.1) is 0 Å². The maximum Gasteiger partial charge on any atom is 0.258 e. The molecule has 0 saturated heterocycles. The number of carbonyl (C=O) groups excluding carboxylic acids is 1. The number of hydrogen-bond acceptors (Lipinski definition) is 3. The lowest BCUT2D eigenvalue weighted by molar-refractivity contribution is -0.124. The van der Waals surface area contributed by atoms with Crippen LogP contribution >= 0.6 is 0 Å². The maximum atomic E-state index is 12.0. The first-order chi connectivity index (χ1) is 12.3. The van der Waals surface area contributed by atoms with Gasteiger partial charge in [0.2, 0.25) is 0 Å². The summed E-state index contributed by atoms with van der Waals surface area (Å²) in [5.41, 5.74) is 1.91. The van der Waals surface area contributed by atoms with Gasteiger partial charge < -0.3 is 10.1 Å². The Balaban J connectivity index is 1.45. The Morgan fingerprint density at radius 1 is 1.04 bits per heavy atom. The molecule has 2 aromatic rings. The molecule has 130 valence electrons. The quantitative estimate of drug-likeness (QED) is 0.801. The first kappa shape index (κ1) is 17.2. The monoisotopic (exact) mass is 336 g/mol. The molecule has 1 aliphatic carbocycles. The maximum absolute atomic E-state index is 12.0. The Bertz CT molecular complexity index is 690. The number of rotatable bonds is 6. The van der Waals surface area contributed by atoms with Crippen molar-refractivity contribution in [2.45, 2.75) is 38.1 Å². The normalized spacial score (nSPS) is 15.2. The molecular formula is C21H24N2O2. The predicted octanol–water partition coefficient (Wildman–Crippen LogP) is 4.26. The van der Waals surface area contributed by atoms with Crippen LogP contribution in [0.2, 0.25) is 0 Å². The molecule has 25 heavy (non-hydrogen) atoms. The molecule has 0 aromatic heterocycles. The summed E-state index contributed by atoms with van der Waals surface area (Å²) in [6.07, 6.45) is 7.68. The van der Waals surface area contributed by atoms with Crippen LogP contribution in [0.25, 0.3) is 0 Å². The lowest BCUT2D eigenvalue weighted by atomic mass is 9.95. The Hall–Kier alpha value is -2.62. The average Bonchev–Trinajstić information content (AvgIpc) is 2.67. The molecule has 1 saturated carbocycles. The van der Waals surface area contributed by atoms with E-state index in [2.05, 4.69) is 10.3 Å². The molecular weight excluding hydrogens is 312 g/mol. The SMILES string of the molecule is O=C(COc1ccc(C=Nc2ccccc2)cc1)NC1CCCCC1. The summed E-state index contributed by atoms with van der Waals surface area (Å²) in [5, 5.41) is 3.05. The lowest BCUT2D eigenvalue weighted by Crippen LogP contribution is -2.38. The van der Waals surface area contributed by atoms with Crippen molar-refractivity contribution in [1.82, 2.24) is 5.32 Å². The van der Waals surface area contributed by atoms with Crippen molar-refractivity contribution in [1.29, 1.82) is 0 Å². The van der Waals surface area contributed by atoms with E-state index in [0.717, 1.165) is 24.1 Å². The first-order valence-electron chi connectivity index (χ1n) is 8.91. The van der Waals surface area contributed by atoms with Crippen molar-refractivity contribution < 1.29 is 9.53 Å².